The van der Waals surface area contributed by atoms with Crippen molar-refractivity contribution in [3.63, 3.8) is 0 Å². The molecule has 0 aliphatic carbocycles. The third-order valence-electron chi connectivity index (χ3n) is 10.2. The van der Waals surface area contributed by atoms with Gasteiger partial charge >= 0.3 is 11.9 Å². The summed E-state index contributed by atoms with van der Waals surface area (Å²) in [4.78, 5) is 27.7. The number of nitrogens with zero attached hydrogens (tertiary/aromatic N) is 1. The molecule has 298 valence electrons. The van der Waals surface area contributed by atoms with Crippen LogP contribution >= 0.6 is 0 Å². The predicted octanol–water partition coefficient (Wildman–Crippen LogP) is 12.7. The first kappa shape index (κ1) is 48.9. The van der Waals surface area contributed by atoms with Crippen molar-refractivity contribution in [2.24, 2.45) is 0 Å². The molecule has 50 heavy (non-hydrogen) atoms. The molecule has 0 saturated carbocycles. The highest BCUT2D eigenvalue weighted by Crippen LogP contribution is 2.19. The summed E-state index contributed by atoms with van der Waals surface area (Å²) < 4.78 is 12.0. The fourth-order valence-corrected chi connectivity index (χ4v) is 6.98. The molecular weight excluding hydrogens is 622 g/mol. The van der Waals surface area contributed by atoms with E-state index in [1.165, 1.54) is 116 Å². The maximum atomic E-state index is 12.7. The van der Waals surface area contributed by atoms with Crippen molar-refractivity contribution in [3.05, 3.63) is 0 Å². The third-order valence-corrected chi connectivity index (χ3v) is 10.2. The molecule has 2 atom stereocenters. The Labute approximate surface area is 312 Å². The maximum absolute atomic E-state index is 12.7. The first-order chi connectivity index (χ1) is 24.5. The number of rotatable bonds is 40. The molecule has 0 aromatic heterocycles. The summed E-state index contributed by atoms with van der Waals surface area (Å²) in [5.41, 5.74) is 0. The minimum Gasteiger partial charge on any atom is -0.462 e. The number of unbranched alkanes of at least 4 members (excludes halogenated alkanes) is 20. The average molecular weight is 710 g/mol. The summed E-state index contributed by atoms with van der Waals surface area (Å²) in [6.45, 7) is 11.5. The van der Waals surface area contributed by atoms with Crippen LogP contribution in [-0.4, -0.2) is 60.4 Å². The second-order valence-electron chi connectivity index (χ2n) is 15.2. The van der Waals surface area contributed by atoms with Gasteiger partial charge in [-0.05, 0) is 83.7 Å². The van der Waals surface area contributed by atoms with E-state index in [1.807, 2.05) is 0 Å². The number of hydrogen-bond acceptors (Lipinski definition) is 6. The molecule has 0 aromatic carbocycles. The molecule has 0 heterocycles. The van der Waals surface area contributed by atoms with E-state index < -0.39 is 0 Å². The summed E-state index contributed by atoms with van der Waals surface area (Å²) in [7, 11) is 0. The number of ether oxygens (including phenoxy) is 2. The molecule has 0 rings (SSSR count). The van der Waals surface area contributed by atoms with Gasteiger partial charge in [0.15, 0.2) is 0 Å². The zero-order valence-electron chi connectivity index (χ0n) is 34.1. The van der Waals surface area contributed by atoms with E-state index in [9.17, 15) is 14.7 Å². The van der Waals surface area contributed by atoms with Crippen molar-refractivity contribution >= 4 is 11.9 Å². The maximum Gasteiger partial charge on any atom is 0.306 e. The van der Waals surface area contributed by atoms with E-state index in [-0.39, 0.29) is 30.8 Å². The van der Waals surface area contributed by atoms with Crippen LogP contribution in [0, 0.1) is 0 Å². The molecule has 0 aliphatic rings. The minimum atomic E-state index is -0.0549. The highest BCUT2D eigenvalue weighted by atomic mass is 16.5. The molecule has 6 nitrogen and oxygen atoms in total. The SMILES string of the molecule is CCCCCCCCC(CCCCCCC)OC(=O)CCCCCCCN(CCO)CCCC(=O)OC(CCCCC)CCCCCCCC. The van der Waals surface area contributed by atoms with Crippen LogP contribution in [-0.2, 0) is 19.1 Å². The summed E-state index contributed by atoms with van der Waals surface area (Å²) in [6.07, 6.45) is 36.3. The molecule has 0 amide bonds. The third kappa shape index (κ3) is 34.0. The van der Waals surface area contributed by atoms with E-state index in [2.05, 4.69) is 32.6 Å². The molecule has 0 radical (unpaired) electrons. The molecular formula is C44H87NO5. The molecule has 6 heteroatoms. The smallest absolute Gasteiger partial charge is 0.306 e. The number of aliphatic hydroxyl groups is 1. The Kier molecular flexibility index (Phi) is 38.2. The first-order valence-corrected chi connectivity index (χ1v) is 22.2. The Morgan fingerprint density at radius 2 is 0.740 bits per heavy atom. The summed E-state index contributed by atoms with van der Waals surface area (Å²) in [6, 6.07) is 0. The van der Waals surface area contributed by atoms with Gasteiger partial charge in [-0.25, -0.2) is 0 Å². The topological polar surface area (TPSA) is 76.1 Å². The lowest BCUT2D eigenvalue weighted by Crippen LogP contribution is -2.29. The zero-order chi connectivity index (χ0) is 36.8. The Morgan fingerprint density at radius 1 is 0.420 bits per heavy atom. The molecule has 0 saturated heterocycles. The van der Waals surface area contributed by atoms with E-state index >= 15 is 0 Å². The van der Waals surface area contributed by atoms with Gasteiger partial charge in [0.05, 0.1) is 6.61 Å². The van der Waals surface area contributed by atoms with Crippen molar-refractivity contribution in [2.45, 2.75) is 245 Å². The predicted molar refractivity (Wildman–Crippen MR) is 214 cm³/mol. The van der Waals surface area contributed by atoms with Crippen LogP contribution in [0.15, 0.2) is 0 Å². The highest BCUT2D eigenvalue weighted by Gasteiger charge is 2.16. The number of esters is 2. The lowest BCUT2D eigenvalue weighted by molar-refractivity contribution is -0.151. The summed E-state index contributed by atoms with van der Waals surface area (Å²) >= 11 is 0. The van der Waals surface area contributed by atoms with Gasteiger partial charge in [-0.3, -0.25) is 9.59 Å². The minimum absolute atomic E-state index is 0.00289. The van der Waals surface area contributed by atoms with Crippen molar-refractivity contribution in [1.29, 1.82) is 0 Å². The van der Waals surface area contributed by atoms with Gasteiger partial charge in [0.25, 0.3) is 0 Å². The van der Waals surface area contributed by atoms with Crippen molar-refractivity contribution < 1.29 is 24.2 Å². The van der Waals surface area contributed by atoms with Crippen LogP contribution in [0.2, 0.25) is 0 Å². The number of carbonyl (C=O) groups excluding carboxylic acids is 2. The van der Waals surface area contributed by atoms with E-state index in [0.29, 0.717) is 19.4 Å². The van der Waals surface area contributed by atoms with Crippen molar-refractivity contribution in [1.82, 2.24) is 4.90 Å². The highest BCUT2D eigenvalue weighted by molar-refractivity contribution is 5.69. The number of hydrogen-bond donors (Lipinski definition) is 1. The molecule has 2 unspecified atom stereocenters. The molecule has 0 aromatic rings. The van der Waals surface area contributed by atoms with Crippen molar-refractivity contribution in [3.8, 4) is 0 Å². The first-order valence-electron chi connectivity index (χ1n) is 22.2. The molecule has 0 spiro atoms. The van der Waals surface area contributed by atoms with Crippen LogP contribution in [0.25, 0.3) is 0 Å². The fraction of sp³-hybridized carbons (Fsp3) is 0.955. The van der Waals surface area contributed by atoms with Crippen LogP contribution in [0.3, 0.4) is 0 Å². The standard InChI is InChI=1S/C44H87NO5/c1-5-9-13-16-20-26-33-41(31-24-12-8-4)50-44(48)36-30-38-45(39-40-46)37-29-23-18-22-28-35-43(47)49-42(32-25-19-15-11-7-3)34-27-21-17-14-10-6-2/h41-42,46H,5-40H2,1-4H3. The van der Waals surface area contributed by atoms with Gasteiger partial charge < -0.3 is 19.5 Å². The zero-order valence-corrected chi connectivity index (χ0v) is 34.1. The Balaban J connectivity index is 4.29. The van der Waals surface area contributed by atoms with E-state index in [1.54, 1.807) is 0 Å². The van der Waals surface area contributed by atoms with Gasteiger partial charge in [-0.1, -0.05) is 150 Å². The van der Waals surface area contributed by atoms with Crippen molar-refractivity contribution in [2.75, 3.05) is 26.2 Å². The lowest BCUT2D eigenvalue weighted by Gasteiger charge is -2.22. The van der Waals surface area contributed by atoms with Crippen LogP contribution in [0.5, 0.6) is 0 Å². The summed E-state index contributed by atoms with van der Waals surface area (Å²) in [5.74, 6) is -0.0578. The van der Waals surface area contributed by atoms with Crippen LogP contribution < -0.4 is 0 Å². The van der Waals surface area contributed by atoms with Gasteiger partial charge in [-0.2, -0.15) is 0 Å². The molecule has 0 aliphatic heterocycles. The second-order valence-corrected chi connectivity index (χ2v) is 15.2. The van der Waals surface area contributed by atoms with Gasteiger partial charge in [0.1, 0.15) is 12.2 Å². The number of carbonyl (C=O) groups is 2. The molecule has 0 bridgehead atoms. The monoisotopic (exact) mass is 710 g/mol. The molecule has 0 fully saturated rings. The number of aliphatic hydroxyl groups excluding tert-OH is 1. The van der Waals surface area contributed by atoms with E-state index in [4.69, 9.17) is 9.47 Å². The quantitative estimate of drug-likeness (QED) is 0.0504. The largest absolute Gasteiger partial charge is 0.462 e. The Hall–Kier alpha value is -1.14. The Bertz CT molecular complexity index is 717. The normalized spacial score (nSPS) is 12.8. The van der Waals surface area contributed by atoms with Gasteiger partial charge in [-0.15, -0.1) is 0 Å². The summed E-state index contributed by atoms with van der Waals surface area (Å²) in [5, 5.41) is 9.60. The second kappa shape index (κ2) is 39.1. The molecule has 1 N–H and O–H groups in total. The van der Waals surface area contributed by atoms with Crippen LogP contribution in [0.4, 0.5) is 0 Å². The van der Waals surface area contributed by atoms with Gasteiger partial charge in [0, 0.05) is 19.4 Å². The lowest BCUT2D eigenvalue weighted by atomic mass is 10.0. The Morgan fingerprint density at radius 3 is 1.18 bits per heavy atom. The van der Waals surface area contributed by atoms with E-state index in [0.717, 1.165) is 90.1 Å². The van der Waals surface area contributed by atoms with Gasteiger partial charge in [0.2, 0.25) is 0 Å². The average Bonchev–Trinajstić information content (AvgIpc) is 3.10. The van der Waals surface area contributed by atoms with Crippen LogP contribution in [0.1, 0.15) is 233 Å². The fourth-order valence-electron chi connectivity index (χ4n) is 6.98.